The summed E-state index contributed by atoms with van der Waals surface area (Å²) < 4.78 is 84.9. The van der Waals surface area contributed by atoms with Gasteiger partial charge in [-0.2, -0.15) is 28.1 Å². The fraction of sp³-hybridized carbons (Fsp3) is 0.154. The van der Waals surface area contributed by atoms with Gasteiger partial charge in [-0.25, -0.2) is 27.5 Å². The summed E-state index contributed by atoms with van der Waals surface area (Å²) in [5.74, 6) is -2.06. The van der Waals surface area contributed by atoms with Crippen LogP contribution in [-0.4, -0.2) is 87.7 Å². The predicted octanol–water partition coefficient (Wildman–Crippen LogP) is 8.43. The highest BCUT2D eigenvalue weighted by atomic mass is 35.5. The van der Waals surface area contributed by atoms with Gasteiger partial charge in [0.1, 0.15) is 51.4 Å². The topological polar surface area (TPSA) is 281 Å². The molecule has 0 radical (unpaired) electrons. The number of pyridine rings is 1. The smallest absolute Gasteiger partial charge is 0.416 e. The summed E-state index contributed by atoms with van der Waals surface area (Å²) in [4.78, 5) is 58.8. The SMILES string of the molecule is COc1nc(C)nc(NC(=O)NS(=O)(=O)c2ccccc2OCCCl)n1.O=C(O)COc1ccc(Cl)c2cccnc12.O=C(O)c1cc(Oc2ccc(C(F)(F)F)cc2Cl)ccc1[N+](=O)[O-]. The highest BCUT2D eigenvalue weighted by Crippen LogP contribution is 2.37. The number of rotatable bonds is 14. The molecule has 0 aliphatic heterocycles. The molecule has 0 bridgehead atoms. The molecule has 0 atom stereocenters. The summed E-state index contributed by atoms with van der Waals surface area (Å²) in [6.07, 6.45) is -2.97. The zero-order valence-electron chi connectivity index (χ0n) is 33.6. The second kappa shape index (κ2) is 23.1. The van der Waals surface area contributed by atoms with Crippen LogP contribution in [0, 0.1) is 17.0 Å². The molecule has 2 amide bonds. The number of aryl methyl sites for hydroxylation is 1. The van der Waals surface area contributed by atoms with Crippen molar-refractivity contribution in [2.45, 2.75) is 18.0 Å². The van der Waals surface area contributed by atoms with E-state index in [1.165, 1.54) is 25.3 Å². The van der Waals surface area contributed by atoms with E-state index in [4.69, 9.17) is 64.0 Å². The maximum absolute atomic E-state index is 12.6. The second-order valence-corrected chi connectivity index (χ2v) is 15.2. The van der Waals surface area contributed by atoms with Gasteiger partial charge < -0.3 is 29.2 Å². The first-order chi connectivity index (χ1) is 31.1. The van der Waals surface area contributed by atoms with Crippen molar-refractivity contribution < 1.29 is 70.1 Å². The summed E-state index contributed by atoms with van der Waals surface area (Å²) in [6, 6.07) is 16.9. The van der Waals surface area contributed by atoms with Crippen LogP contribution in [0.15, 0.2) is 96.0 Å². The number of carbonyl (C=O) groups excluding carboxylic acids is 1. The number of nitrogens with one attached hydrogen (secondary N) is 2. The van der Waals surface area contributed by atoms with Crippen molar-refractivity contribution in [3.8, 4) is 29.0 Å². The van der Waals surface area contributed by atoms with Crippen molar-refractivity contribution in [1.29, 1.82) is 0 Å². The summed E-state index contributed by atoms with van der Waals surface area (Å²) in [5.41, 5.74) is -1.68. The van der Waals surface area contributed by atoms with E-state index in [9.17, 15) is 46.1 Å². The number of urea groups is 1. The lowest BCUT2D eigenvalue weighted by molar-refractivity contribution is -0.385. The maximum Gasteiger partial charge on any atom is 0.416 e. The molecule has 0 saturated carbocycles. The van der Waals surface area contributed by atoms with Crippen LogP contribution >= 0.6 is 34.8 Å². The molecule has 20 nitrogen and oxygen atoms in total. The largest absolute Gasteiger partial charge is 0.491 e. The van der Waals surface area contributed by atoms with Crippen molar-refractivity contribution >= 4 is 85.3 Å². The number of nitro benzene ring substituents is 1. The number of hydrogen-bond acceptors (Lipinski definition) is 15. The van der Waals surface area contributed by atoms with Gasteiger partial charge in [0.25, 0.3) is 15.7 Å². The number of benzene rings is 4. The second-order valence-electron chi connectivity index (χ2n) is 12.4. The normalized spacial score (nSPS) is 10.8. The van der Waals surface area contributed by atoms with Crippen LogP contribution in [-0.2, 0) is 21.0 Å². The number of para-hydroxylation sites is 1. The maximum atomic E-state index is 12.6. The summed E-state index contributed by atoms with van der Waals surface area (Å²) in [6.45, 7) is 1.28. The number of nitrogens with zero attached hydrogens (tertiary/aromatic N) is 5. The van der Waals surface area contributed by atoms with Gasteiger partial charge in [0, 0.05) is 23.7 Å². The zero-order chi connectivity index (χ0) is 48.8. The summed E-state index contributed by atoms with van der Waals surface area (Å²) in [7, 11) is -2.85. The Bertz CT molecular complexity index is 2870. The van der Waals surface area contributed by atoms with Gasteiger partial charge >= 0.3 is 30.2 Å². The highest BCUT2D eigenvalue weighted by Gasteiger charge is 2.31. The lowest BCUT2D eigenvalue weighted by atomic mass is 10.1. The first kappa shape index (κ1) is 51.4. The number of hydrogen-bond donors (Lipinski definition) is 4. The minimum atomic E-state index is -4.58. The molecule has 0 aliphatic carbocycles. The first-order valence-electron chi connectivity index (χ1n) is 18.0. The van der Waals surface area contributed by atoms with Gasteiger partial charge in [0.05, 0.1) is 33.5 Å². The number of amides is 2. The van der Waals surface area contributed by atoms with Gasteiger partial charge in [-0.15, -0.1) is 11.6 Å². The molecule has 6 rings (SSSR count). The van der Waals surface area contributed by atoms with Gasteiger partial charge in [0.2, 0.25) is 5.95 Å². The van der Waals surface area contributed by atoms with Crippen LogP contribution in [0.2, 0.25) is 10.0 Å². The first-order valence-corrected chi connectivity index (χ1v) is 20.7. The quantitative estimate of drug-likeness (QED) is 0.0452. The van der Waals surface area contributed by atoms with Crippen LogP contribution in [0.4, 0.5) is 29.6 Å². The Morgan fingerprint density at radius 3 is 2.23 bits per heavy atom. The number of carbonyl (C=O) groups is 3. The minimum Gasteiger partial charge on any atom is -0.491 e. The fourth-order valence-electron chi connectivity index (χ4n) is 5.01. The molecule has 0 fully saturated rings. The molecule has 0 aliphatic rings. The summed E-state index contributed by atoms with van der Waals surface area (Å²) in [5, 5.41) is 31.4. The predicted molar refractivity (Wildman–Crippen MR) is 230 cm³/mol. The van der Waals surface area contributed by atoms with Crippen molar-refractivity contribution in [3.63, 3.8) is 0 Å². The van der Waals surface area contributed by atoms with Crippen molar-refractivity contribution in [3.05, 3.63) is 128 Å². The number of carboxylic acid groups (broad SMARTS) is 2. The molecule has 27 heteroatoms. The number of anilines is 1. The fourth-order valence-corrected chi connectivity index (χ4v) is 6.58. The Kier molecular flexibility index (Phi) is 17.9. The number of aromatic nitrogens is 4. The molecule has 66 heavy (non-hydrogen) atoms. The molecule has 0 unspecified atom stereocenters. The highest BCUT2D eigenvalue weighted by molar-refractivity contribution is 7.90. The average molecular weight is 1000 g/mol. The van der Waals surface area contributed by atoms with E-state index >= 15 is 0 Å². The number of alkyl halides is 4. The van der Waals surface area contributed by atoms with E-state index in [-0.39, 0.29) is 57.4 Å². The number of carboxylic acids is 2. The van der Waals surface area contributed by atoms with Gasteiger partial charge in [-0.3, -0.25) is 20.4 Å². The van der Waals surface area contributed by atoms with Crippen molar-refractivity contribution in [2.24, 2.45) is 0 Å². The number of aliphatic carboxylic acids is 1. The molecule has 348 valence electrons. The Labute approximate surface area is 385 Å². The lowest BCUT2D eigenvalue weighted by Crippen LogP contribution is -2.35. The van der Waals surface area contributed by atoms with E-state index in [1.54, 1.807) is 43.5 Å². The van der Waals surface area contributed by atoms with Crippen LogP contribution in [0.3, 0.4) is 0 Å². The molecule has 4 aromatic carbocycles. The molecule has 2 aromatic heterocycles. The standard InChI is InChI=1S/C14H7ClF3NO5.C14H16ClN5O5S.C11H8ClNO3/c15-10-5-7(14(16,17)18)1-4-12(10)24-8-2-3-11(19(22)23)9(6-8)13(20)21;1-9-16-12(19-14(17-9)24-2)18-13(21)20-26(22,23)11-6-4-3-5-10(11)25-8-7-15;12-8-3-4-9(16-6-10(14)15)11-7(8)2-1-5-13-11/h1-6H,(H,20,21);3-6H,7-8H2,1-2H3,(H2,16,17,18,19,20,21);1-5H,6H2,(H,14,15). The molecule has 4 N–H and O–H groups in total. The molecular weight excluding hydrogens is 970 g/mol. The Morgan fingerprint density at radius 2 is 1.59 bits per heavy atom. The minimum absolute atomic E-state index is 0.0181. The molecule has 2 heterocycles. The van der Waals surface area contributed by atoms with E-state index in [0.717, 1.165) is 35.7 Å². The van der Waals surface area contributed by atoms with E-state index in [1.807, 2.05) is 4.72 Å². The van der Waals surface area contributed by atoms with Crippen LogP contribution in [0.5, 0.6) is 29.0 Å². The monoisotopic (exact) mass is 999 g/mol. The van der Waals surface area contributed by atoms with Crippen LogP contribution in [0.1, 0.15) is 21.7 Å². The zero-order valence-corrected chi connectivity index (χ0v) is 36.7. The number of sulfonamides is 1. The number of aromatic carboxylic acids is 1. The number of methoxy groups -OCH3 is 1. The van der Waals surface area contributed by atoms with E-state index in [2.05, 4.69) is 25.3 Å². The third-order valence-corrected chi connectivity index (χ3v) is 9.90. The number of ether oxygens (including phenoxy) is 4. The number of nitro groups is 1. The van der Waals surface area contributed by atoms with Gasteiger partial charge in [0.15, 0.2) is 6.61 Å². The third kappa shape index (κ3) is 14.6. The van der Waals surface area contributed by atoms with Gasteiger partial charge in [-0.1, -0.05) is 35.3 Å². The molecule has 6 aromatic rings. The summed E-state index contributed by atoms with van der Waals surface area (Å²) >= 11 is 17.2. The lowest BCUT2D eigenvalue weighted by Gasteiger charge is -2.12. The van der Waals surface area contributed by atoms with Crippen molar-refractivity contribution in [2.75, 3.05) is 31.5 Å². The third-order valence-electron chi connectivity index (χ3n) is 7.75. The van der Waals surface area contributed by atoms with Crippen LogP contribution in [0.25, 0.3) is 10.9 Å². The Hall–Kier alpha value is -7.28. The Morgan fingerprint density at radius 1 is 0.879 bits per heavy atom. The van der Waals surface area contributed by atoms with Gasteiger partial charge in [-0.05, 0) is 67.6 Å². The Balaban J connectivity index is 0.000000222. The molecule has 0 saturated heterocycles. The molecule has 0 spiro atoms. The van der Waals surface area contributed by atoms with E-state index in [0.29, 0.717) is 22.4 Å². The van der Waals surface area contributed by atoms with E-state index < -0.39 is 62.5 Å². The van der Waals surface area contributed by atoms with Crippen molar-refractivity contribution in [1.82, 2.24) is 24.7 Å². The number of halogens is 6. The van der Waals surface area contributed by atoms with Crippen LogP contribution < -0.4 is 29.0 Å². The average Bonchev–Trinajstić information content (AvgIpc) is 3.25. The molecular formula is C39H31Cl3F3N7O13S. The number of fused-ring (bicyclic) bond motifs is 1.